The standard InChI is InChI=1S/C15H27N3O3/c19-14(11-16-7-9-21-10-8-16)18-6-3-15(20,13-18)12-17-4-1-2-5-17/h20H,1-13H2/t15-/m0/s1. The number of carbonyl (C=O) groups excluding carboxylic acids is 1. The minimum absolute atomic E-state index is 0.147. The van der Waals surface area contributed by atoms with Gasteiger partial charge in [-0.2, -0.15) is 0 Å². The van der Waals surface area contributed by atoms with Crippen LogP contribution in [0.25, 0.3) is 0 Å². The van der Waals surface area contributed by atoms with Gasteiger partial charge in [-0.3, -0.25) is 9.69 Å². The van der Waals surface area contributed by atoms with Gasteiger partial charge in [0.15, 0.2) is 0 Å². The largest absolute Gasteiger partial charge is 0.387 e. The van der Waals surface area contributed by atoms with E-state index in [1.165, 1.54) is 12.8 Å². The molecule has 1 N–H and O–H groups in total. The summed E-state index contributed by atoms with van der Waals surface area (Å²) in [6, 6.07) is 0. The number of rotatable bonds is 4. The molecule has 21 heavy (non-hydrogen) atoms. The number of amides is 1. The maximum atomic E-state index is 12.4. The zero-order valence-electron chi connectivity index (χ0n) is 12.8. The summed E-state index contributed by atoms with van der Waals surface area (Å²) in [5, 5.41) is 10.7. The van der Waals surface area contributed by atoms with E-state index in [2.05, 4.69) is 9.80 Å². The van der Waals surface area contributed by atoms with Crippen molar-refractivity contribution in [2.45, 2.75) is 24.9 Å². The highest BCUT2D eigenvalue weighted by molar-refractivity contribution is 5.78. The van der Waals surface area contributed by atoms with Crippen molar-refractivity contribution in [3.05, 3.63) is 0 Å². The molecule has 0 aliphatic carbocycles. The fourth-order valence-electron chi connectivity index (χ4n) is 3.61. The van der Waals surface area contributed by atoms with E-state index in [1.807, 2.05) is 4.90 Å². The molecule has 0 bridgehead atoms. The highest BCUT2D eigenvalue weighted by Crippen LogP contribution is 2.24. The maximum absolute atomic E-state index is 12.4. The zero-order chi connectivity index (χ0) is 14.7. The monoisotopic (exact) mass is 297 g/mol. The van der Waals surface area contributed by atoms with E-state index in [4.69, 9.17) is 4.74 Å². The van der Waals surface area contributed by atoms with Crippen molar-refractivity contribution in [2.75, 3.05) is 65.6 Å². The van der Waals surface area contributed by atoms with Gasteiger partial charge in [0, 0.05) is 26.2 Å². The maximum Gasteiger partial charge on any atom is 0.236 e. The first-order chi connectivity index (χ1) is 10.1. The molecule has 3 aliphatic rings. The summed E-state index contributed by atoms with van der Waals surface area (Å²) < 4.78 is 5.30. The Morgan fingerprint density at radius 1 is 1.05 bits per heavy atom. The third kappa shape index (κ3) is 3.94. The summed E-state index contributed by atoms with van der Waals surface area (Å²) in [6.45, 7) is 7.62. The molecule has 1 atom stereocenters. The Kier molecular flexibility index (Phi) is 4.78. The van der Waals surface area contributed by atoms with Crippen LogP contribution in [0.2, 0.25) is 0 Å². The van der Waals surface area contributed by atoms with Crippen LogP contribution in [0.4, 0.5) is 0 Å². The van der Waals surface area contributed by atoms with Crippen LogP contribution >= 0.6 is 0 Å². The van der Waals surface area contributed by atoms with Crippen LogP contribution in [-0.2, 0) is 9.53 Å². The number of carbonyl (C=O) groups is 1. The Morgan fingerprint density at radius 2 is 1.76 bits per heavy atom. The molecule has 0 spiro atoms. The molecule has 0 radical (unpaired) electrons. The van der Waals surface area contributed by atoms with Crippen molar-refractivity contribution >= 4 is 5.91 Å². The van der Waals surface area contributed by atoms with Crippen molar-refractivity contribution < 1.29 is 14.6 Å². The van der Waals surface area contributed by atoms with E-state index in [1.54, 1.807) is 0 Å². The second kappa shape index (κ2) is 6.60. The molecule has 0 unspecified atom stereocenters. The van der Waals surface area contributed by atoms with Crippen molar-refractivity contribution in [1.82, 2.24) is 14.7 Å². The number of hydrogen-bond acceptors (Lipinski definition) is 5. The van der Waals surface area contributed by atoms with Gasteiger partial charge in [0.25, 0.3) is 0 Å². The Bertz CT molecular complexity index is 367. The first-order valence-electron chi connectivity index (χ1n) is 8.17. The van der Waals surface area contributed by atoms with Crippen LogP contribution in [0.1, 0.15) is 19.3 Å². The quantitative estimate of drug-likeness (QED) is 0.749. The van der Waals surface area contributed by atoms with E-state index in [-0.39, 0.29) is 5.91 Å². The number of hydrogen-bond donors (Lipinski definition) is 1. The van der Waals surface area contributed by atoms with Crippen LogP contribution < -0.4 is 0 Å². The van der Waals surface area contributed by atoms with Gasteiger partial charge in [0.05, 0.1) is 31.9 Å². The molecule has 120 valence electrons. The van der Waals surface area contributed by atoms with Crippen molar-refractivity contribution in [3.8, 4) is 0 Å². The molecule has 3 fully saturated rings. The third-order valence-electron chi connectivity index (χ3n) is 4.86. The van der Waals surface area contributed by atoms with Gasteiger partial charge in [0.2, 0.25) is 5.91 Å². The smallest absolute Gasteiger partial charge is 0.236 e. The molecule has 6 heteroatoms. The van der Waals surface area contributed by atoms with Gasteiger partial charge in [-0.15, -0.1) is 0 Å². The van der Waals surface area contributed by atoms with Crippen LogP contribution in [0.15, 0.2) is 0 Å². The minimum Gasteiger partial charge on any atom is -0.387 e. The number of morpholine rings is 1. The van der Waals surface area contributed by atoms with Gasteiger partial charge in [0.1, 0.15) is 0 Å². The van der Waals surface area contributed by atoms with Crippen molar-refractivity contribution in [1.29, 1.82) is 0 Å². The Balaban J connectivity index is 1.47. The second-order valence-electron chi connectivity index (χ2n) is 6.66. The number of nitrogens with zero attached hydrogens (tertiary/aromatic N) is 3. The summed E-state index contributed by atoms with van der Waals surface area (Å²) in [7, 11) is 0. The van der Waals surface area contributed by atoms with Gasteiger partial charge >= 0.3 is 0 Å². The highest BCUT2D eigenvalue weighted by atomic mass is 16.5. The van der Waals surface area contributed by atoms with Gasteiger partial charge in [-0.1, -0.05) is 0 Å². The topological polar surface area (TPSA) is 56.3 Å². The molecular weight excluding hydrogens is 270 g/mol. The van der Waals surface area contributed by atoms with E-state index in [9.17, 15) is 9.90 Å². The molecular formula is C15H27N3O3. The number of likely N-dealkylation sites (tertiary alicyclic amines) is 2. The minimum atomic E-state index is -0.703. The van der Waals surface area contributed by atoms with Crippen LogP contribution in [0.3, 0.4) is 0 Å². The van der Waals surface area contributed by atoms with Crippen LogP contribution in [0.5, 0.6) is 0 Å². The molecule has 6 nitrogen and oxygen atoms in total. The first kappa shape index (κ1) is 15.2. The van der Waals surface area contributed by atoms with E-state index in [0.29, 0.717) is 45.8 Å². The SMILES string of the molecule is O=C(CN1CCOCC1)N1CC[C@](O)(CN2CCCC2)C1. The summed E-state index contributed by atoms with van der Waals surface area (Å²) in [6.07, 6.45) is 3.17. The number of aliphatic hydroxyl groups is 1. The molecule has 0 aromatic heterocycles. The summed E-state index contributed by atoms with van der Waals surface area (Å²) in [5.41, 5.74) is -0.703. The zero-order valence-corrected chi connectivity index (χ0v) is 12.8. The summed E-state index contributed by atoms with van der Waals surface area (Å²) in [4.78, 5) is 18.7. The average Bonchev–Trinajstić information content (AvgIpc) is 3.10. The molecule has 0 saturated carbocycles. The van der Waals surface area contributed by atoms with E-state index in [0.717, 1.165) is 26.2 Å². The van der Waals surface area contributed by atoms with Gasteiger partial charge < -0.3 is 19.6 Å². The molecule has 1 amide bonds. The number of ether oxygens (including phenoxy) is 1. The Hall–Kier alpha value is -0.690. The summed E-state index contributed by atoms with van der Waals surface area (Å²) in [5.74, 6) is 0.147. The lowest BCUT2D eigenvalue weighted by atomic mass is 10.0. The predicted octanol–water partition coefficient (Wildman–Crippen LogP) is -0.622. The van der Waals surface area contributed by atoms with Crippen LogP contribution in [0, 0.1) is 0 Å². The lowest BCUT2D eigenvalue weighted by Crippen LogP contribution is -2.47. The van der Waals surface area contributed by atoms with Gasteiger partial charge in [-0.25, -0.2) is 0 Å². The van der Waals surface area contributed by atoms with Crippen molar-refractivity contribution in [3.63, 3.8) is 0 Å². The lowest BCUT2D eigenvalue weighted by molar-refractivity contribution is -0.133. The third-order valence-corrected chi connectivity index (χ3v) is 4.86. The van der Waals surface area contributed by atoms with Crippen LogP contribution in [-0.4, -0.2) is 96.9 Å². The molecule has 0 aromatic carbocycles. The highest BCUT2D eigenvalue weighted by Gasteiger charge is 2.40. The lowest BCUT2D eigenvalue weighted by Gasteiger charge is -2.30. The predicted molar refractivity (Wildman–Crippen MR) is 79.1 cm³/mol. The molecule has 3 aliphatic heterocycles. The van der Waals surface area contributed by atoms with Gasteiger partial charge in [-0.05, 0) is 32.4 Å². The Labute approximate surface area is 126 Å². The van der Waals surface area contributed by atoms with E-state index < -0.39 is 5.60 Å². The normalized spacial score (nSPS) is 32.0. The summed E-state index contributed by atoms with van der Waals surface area (Å²) >= 11 is 0. The number of β-amino-alcohol motifs (C(OH)–C–C–N with tert-alkyl or cyclic N) is 1. The van der Waals surface area contributed by atoms with Crippen molar-refractivity contribution in [2.24, 2.45) is 0 Å². The molecule has 3 saturated heterocycles. The first-order valence-corrected chi connectivity index (χ1v) is 8.17. The fraction of sp³-hybridized carbons (Fsp3) is 0.933. The fourth-order valence-corrected chi connectivity index (χ4v) is 3.61. The molecule has 3 rings (SSSR count). The van der Waals surface area contributed by atoms with E-state index >= 15 is 0 Å². The Morgan fingerprint density at radius 3 is 2.48 bits per heavy atom. The second-order valence-corrected chi connectivity index (χ2v) is 6.66. The molecule has 3 heterocycles. The molecule has 0 aromatic rings. The average molecular weight is 297 g/mol.